The lowest BCUT2D eigenvalue weighted by molar-refractivity contribution is -0.133. The first kappa shape index (κ1) is 23.9. The molecule has 0 saturated carbocycles. The lowest BCUT2D eigenvalue weighted by Gasteiger charge is -2.20. The number of nitrogens with zero attached hydrogens (tertiary/aromatic N) is 2. The predicted octanol–water partition coefficient (Wildman–Crippen LogP) is 3.45. The summed E-state index contributed by atoms with van der Waals surface area (Å²) in [5.74, 6) is 0.583. The SMILES string of the molecule is CCNC(=NCCc1c(F)cccc1Cl)NC1CCN(C(=O)C(C)C)C1.I. The minimum absolute atomic E-state index is 0. The first-order valence-electron chi connectivity index (χ1n) is 9.18. The van der Waals surface area contributed by atoms with Gasteiger partial charge in [0.25, 0.3) is 0 Å². The zero-order chi connectivity index (χ0) is 19.1. The fourth-order valence-electron chi connectivity index (χ4n) is 3.01. The van der Waals surface area contributed by atoms with Crippen molar-refractivity contribution in [2.24, 2.45) is 10.9 Å². The van der Waals surface area contributed by atoms with Crippen LogP contribution in [0, 0.1) is 11.7 Å². The van der Waals surface area contributed by atoms with Crippen molar-refractivity contribution in [3.05, 3.63) is 34.6 Å². The van der Waals surface area contributed by atoms with Crippen LogP contribution in [-0.2, 0) is 11.2 Å². The van der Waals surface area contributed by atoms with Gasteiger partial charge < -0.3 is 15.5 Å². The van der Waals surface area contributed by atoms with E-state index in [1.54, 1.807) is 12.1 Å². The molecule has 2 rings (SSSR count). The van der Waals surface area contributed by atoms with Crippen LogP contribution in [0.15, 0.2) is 23.2 Å². The number of rotatable bonds is 6. The van der Waals surface area contributed by atoms with E-state index in [-0.39, 0.29) is 47.7 Å². The zero-order valence-corrected chi connectivity index (χ0v) is 19.2. The van der Waals surface area contributed by atoms with E-state index in [0.29, 0.717) is 36.1 Å². The van der Waals surface area contributed by atoms with E-state index in [2.05, 4.69) is 15.6 Å². The number of amides is 1. The average molecular weight is 511 g/mol. The van der Waals surface area contributed by atoms with Gasteiger partial charge in [-0.25, -0.2) is 4.39 Å². The van der Waals surface area contributed by atoms with Crippen molar-refractivity contribution in [1.82, 2.24) is 15.5 Å². The van der Waals surface area contributed by atoms with Crippen LogP contribution in [-0.4, -0.2) is 49.0 Å². The number of hydrogen-bond acceptors (Lipinski definition) is 2. The van der Waals surface area contributed by atoms with Gasteiger partial charge in [0.15, 0.2) is 5.96 Å². The first-order valence-corrected chi connectivity index (χ1v) is 9.56. The van der Waals surface area contributed by atoms with E-state index in [0.717, 1.165) is 19.5 Å². The van der Waals surface area contributed by atoms with Gasteiger partial charge in [0.2, 0.25) is 5.91 Å². The molecule has 1 heterocycles. The number of benzene rings is 1. The predicted molar refractivity (Wildman–Crippen MR) is 119 cm³/mol. The largest absolute Gasteiger partial charge is 0.357 e. The van der Waals surface area contributed by atoms with Crippen LogP contribution in [0.25, 0.3) is 0 Å². The highest BCUT2D eigenvalue weighted by molar-refractivity contribution is 14.0. The van der Waals surface area contributed by atoms with Crippen molar-refractivity contribution in [2.75, 3.05) is 26.2 Å². The fraction of sp³-hybridized carbons (Fsp3) is 0.579. The quantitative estimate of drug-likeness (QED) is 0.350. The Morgan fingerprint density at radius 2 is 2.19 bits per heavy atom. The Kier molecular flexibility index (Phi) is 10.4. The van der Waals surface area contributed by atoms with Crippen molar-refractivity contribution in [1.29, 1.82) is 0 Å². The number of halogens is 3. The molecule has 1 atom stereocenters. The molecule has 2 N–H and O–H groups in total. The maximum atomic E-state index is 13.8. The molecule has 0 radical (unpaired) electrons. The first-order chi connectivity index (χ1) is 12.4. The molecule has 1 saturated heterocycles. The molecule has 8 heteroatoms. The Morgan fingerprint density at radius 1 is 1.44 bits per heavy atom. The zero-order valence-electron chi connectivity index (χ0n) is 16.1. The summed E-state index contributed by atoms with van der Waals surface area (Å²) >= 11 is 6.06. The molecule has 0 aliphatic carbocycles. The van der Waals surface area contributed by atoms with Crippen LogP contribution >= 0.6 is 35.6 Å². The highest BCUT2D eigenvalue weighted by atomic mass is 127. The second-order valence-corrected chi connectivity index (χ2v) is 7.19. The van der Waals surface area contributed by atoms with Gasteiger partial charge in [-0.3, -0.25) is 9.79 Å². The molecule has 1 aromatic carbocycles. The van der Waals surface area contributed by atoms with Crippen molar-refractivity contribution < 1.29 is 9.18 Å². The molecule has 0 aromatic heterocycles. The highest BCUT2D eigenvalue weighted by Gasteiger charge is 2.27. The van der Waals surface area contributed by atoms with E-state index in [4.69, 9.17) is 11.6 Å². The summed E-state index contributed by atoms with van der Waals surface area (Å²) in [6.07, 6.45) is 1.33. The minimum atomic E-state index is -0.302. The molecular weight excluding hydrogens is 482 g/mol. The molecule has 1 aromatic rings. The third-order valence-electron chi connectivity index (χ3n) is 4.37. The summed E-state index contributed by atoms with van der Waals surface area (Å²) in [6, 6.07) is 4.87. The Labute approximate surface area is 183 Å². The number of carbonyl (C=O) groups is 1. The summed E-state index contributed by atoms with van der Waals surface area (Å²) in [4.78, 5) is 18.5. The summed E-state index contributed by atoms with van der Waals surface area (Å²) in [6.45, 7) is 8.43. The van der Waals surface area contributed by atoms with Crippen LogP contribution in [0.2, 0.25) is 5.02 Å². The van der Waals surface area contributed by atoms with Crippen LogP contribution < -0.4 is 10.6 Å². The van der Waals surface area contributed by atoms with Gasteiger partial charge >= 0.3 is 0 Å². The number of nitrogens with one attached hydrogen (secondary N) is 2. The summed E-state index contributed by atoms with van der Waals surface area (Å²) in [7, 11) is 0. The second kappa shape index (κ2) is 11.7. The molecular formula is C19H29ClFIN4O. The number of aliphatic imine (C=N–C) groups is 1. The maximum Gasteiger partial charge on any atom is 0.225 e. The highest BCUT2D eigenvalue weighted by Crippen LogP contribution is 2.19. The van der Waals surface area contributed by atoms with Crippen molar-refractivity contribution in [3.63, 3.8) is 0 Å². The normalized spacial score (nSPS) is 17.0. The number of guanidine groups is 1. The number of hydrogen-bond donors (Lipinski definition) is 2. The molecule has 27 heavy (non-hydrogen) atoms. The number of carbonyl (C=O) groups excluding carboxylic acids is 1. The van der Waals surface area contributed by atoms with Crippen LogP contribution in [0.3, 0.4) is 0 Å². The monoisotopic (exact) mass is 510 g/mol. The molecule has 1 amide bonds. The molecule has 0 bridgehead atoms. The Bertz CT molecular complexity index is 636. The topological polar surface area (TPSA) is 56.7 Å². The molecule has 1 aliphatic rings. The van der Waals surface area contributed by atoms with Crippen molar-refractivity contribution in [3.8, 4) is 0 Å². The van der Waals surface area contributed by atoms with Crippen molar-refractivity contribution >= 4 is 47.4 Å². The van der Waals surface area contributed by atoms with Gasteiger partial charge in [0, 0.05) is 48.7 Å². The van der Waals surface area contributed by atoms with E-state index in [1.807, 2.05) is 25.7 Å². The lowest BCUT2D eigenvalue weighted by atomic mass is 10.1. The van der Waals surface area contributed by atoms with Gasteiger partial charge in [-0.05, 0) is 31.9 Å². The third-order valence-corrected chi connectivity index (χ3v) is 4.73. The van der Waals surface area contributed by atoms with Crippen LogP contribution in [0.1, 0.15) is 32.8 Å². The third kappa shape index (κ3) is 7.10. The van der Waals surface area contributed by atoms with Gasteiger partial charge in [-0.2, -0.15) is 0 Å². The Morgan fingerprint density at radius 3 is 2.81 bits per heavy atom. The molecule has 1 unspecified atom stereocenters. The van der Waals surface area contributed by atoms with E-state index in [9.17, 15) is 9.18 Å². The maximum absolute atomic E-state index is 13.8. The van der Waals surface area contributed by atoms with Gasteiger partial charge in [0.05, 0.1) is 0 Å². The van der Waals surface area contributed by atoms with E-state index in [1.165, 1.54) is 6.07 Å². The van der Waals surface area contributed by atoms with Crippen LogP contribution in [0.4, 0.5) is 4.39 Å². The lowest BCUT2D eigenvalue weighted by Crippen LogP contribution is -2.45. The fourth-order valence-corrected chi connectivity index (χ4v) is 3.26. The number of likely N-dealkylation sites (tertiary alicyclic amines) is 1. The van der Waals surface area contributed by atoms with E-state index >= 15 is 0 Å². The summed E-state index contributed by atoms with van der Waals surface area (Å²) in [5.41, 5.74) is 0.489. The molecule has 1 fully saturated rings. The van der Waals surface area contributed by atoms with Crippen molar-refractivity contribution in [2.45, 2.75) is 39.7 Å². The molecule has 5 nitrogen and oxygen atoms in total. The smallest absolute Gasteiger partial charge is 0.225 e. The molecule has 152 valence electrons. The Balaban J connectivity index is 0.00000364. The Hall–Kier alpha value is -1.09. The molecule has 1 aliphatic heterocycles. The second-order valence-electron chi connectivity index (χ2n) is 6.78. The molecule has 0 spiro atoms. The standard InChI is InChI=1S/C19H28ClFN4O.HI/c1-4-22-19(23-10-8-15-16(20)6-5-7-17(15)21)24-14-9-11-25(12-14)18(26)13(2)3;/h5-7,13-14H,4,8-12H2,1-3H3,(H2,22,23,24);1H. The average Bonchev–Trinajstić information content (AvgIpc) is 3.05. The summed E-state index contributed by atoms with van der Waals surface area (Å²) < 4.78 is 13.8. The van der Waals surface area contributed by atoms with Crippen LogP contribution in [0.5, 0.6) is 0 Å². The van der Waals surface area contributed by atoms with Gasteiger partial charge in [-0.1, -0.05) is 31.5 Å². The minimum Gasteiger partial charge on any atom is -0.357 e. The summed E-state index contributed by atoms with van der Waals surface area (Å²) in [5, 5.41) is 7.00. The van der Waals surface area contributed by atoms with Gasteiger partial charge in [0.1, 0.15) is 5.82 Å². The van der Waals surface area contributed by atoms with E-state index < -0.39 is 0 Å². The van der Waals surface area contributed by atoms with Gasteiger partial charge in [-0.15, -0.1) is 24.0 Å².